The van der Waals surface area contributed by atoms with Crippen molar-refractivity contribution < 1.29 is 19.5 Å². The zero-order valence-electron chi connectivity index (χ0n) is 14.4. The lowest BCUT2D eigenvalue weighted by atomic mass is 9.87. The second-order valence-electron chi connectivity index (χ2n) is 7.24. The van der Waals surface area contributed by atoms with E-state index >= 15 is 0 Å². The number of anilines is 1. The van der Waals surface area contributed by atoms with E-state index in [1.165, 1.54) is 12.1 Å². The summed E-state index contributed by atoms with van der Waals surface area (Å²) >= 11 is 0. The number of nitrogens with zero attached hydrogens (tertiary/aromatic N) is 1. The quantitative estimate of drug-likeness (QED) is 0.879. The van der Waals surface area contributed by atoms with Crippen LogP contribution in [0.25, 0.3) is 0 Å². The highest BCUT2D eigenvalue weighted by Crippen LogP contribution is 2.31. The van der Waals surface area contributed by atoms with E-state index in [2.05, 4.69) is 12.2 Å². The number of hydrogen-bond donors (Lipinski definition) is 2. The first-order valence-electron chi connectivity index (χ1n) is 8.87. The van der Waals surface area contributed by atoms with Gasteiger partial charge in [-0.3, -0.25) is 9.59 Å². The molecule has 1 saturated heterocycles. The zero-order valence-corrected chi connectivity index (χ0v) is 14.4. The predicted molar refractivity (Wildman–Crippen MR) is 93.3 cm³/mol. The number of rotatable bonds is 4. The minimum atomic E-state index is -1.04. The van der Waals surface area contributed by atoms with Gasteiger partial charge in [0.05, 0.1) is 11.5 Å². The van der Waals surface area contributed by atoms with Gasteiger partial charge in [0.25, 0.3) is 0 Å². The van der Waals surface area contributed by atoms with Gasteiger partial charge in [-0.2, -0.15) is 0 Å². The maximum absolute atomic E-state index is 12.5. The SMILES string of the molecule is CC1CCC(N2CC(C(=O)Nc3cccc(C(=O)O)c3)CC2=O)CC1. The standard InChI is InChI=1S/C19H24N2O4/c1-12-5-7-16(8-6-12)21-11-14(10-17(21)22)18(23)20-15-4-2-3-13(9-15)19(24)25/h2-4,9,12,14,16H,5-8,10-11H2,1H3,(H,20,23)(H,24,25). The van der Waals surface area contributed by atoms with Gasteiger partial charge in [0, 0.05) is 24.7 Å². The van der Waals surface area contributed by atoms with Gasteiger partial charge in [0.2, 0.25) is 11.8 Å². The Morgan fingerprint density at radius 3 is 2.60 bits per heavy atom. The van der Waals surface area contributed by atoms with E-state index in [4.69, 9.17) is 5.11 Å². The summed E-state index contributed by atoms with van der Waals surface area (Å²) in [7, 11) is 0. The van der Waals surface area contributed by atoms with E-state index in [1.54, 1.807) is 12.1 Å². The number of hydrogen-bond acceptors (Lipinski definition) is 3. The second-order valence-corrected chi connectivity index (χ2v) is 7.24. The van der Waals surface area contributed by atoms with Crippen molar-refractivity contribution in [1.82, 2.24) is 4.90 Å². The van der Waals surface area contributed by atoms with Crippen LogP contribution in [0.15, 0.2) is 24.3 Å². The van der Waals surface area contributed by atoms with Gasteiger partial charge in [0.15, 0.2) is 0 Å². The van der Waals surface area contributed by atoms with Crippen molar-refractivity contribution in [3.8, 4) is 0 Å². The molecule has 1 aliphatic heterocycles. The van der Waals surface area contributed by atoms with Crippen LogP contribution in [0.1, 0.15) is 49.4 Å². The zero-order chi connectivity index (χ0) is 18.0. The highest BCUT2D eigenvalue weighted by Gasteiger charge is 2.38. The molecule has 2 aliphatic rings. The van der Waals surface area contributed by atoms with E-state index in [0.29, 0.717) is 12.2 Å². The molecule has 3 rings (SSSR count). The molecule has 1 unspecified atom stereocenters. The molecule has 0 spiro atoms. The van der Waals surface area contributed by atoms with E-state index in [9.17, 15) is 14.4 Å². The minimum Gasteiger partial charge on any atom is -0.478 e. The summed E-state index contributed by atoms with van der Waals surface area (Å²) in [6.45, 7) is 2.70. The average Bonchev–Trinajstić information content (AvgIpc) is 2.98. The topological polar surface area (TPSA) is 86.7 Å². The maximum atomic E-state index is 12.5. The maximum Gasteiger partial charge on any atom is 0.335 e. The van der Waals surface area contributed by atoms with Crippen molar-refractivity contribution in [2.24, 2.45) is 11.8 Å². The molecular weight excluding hydrogens is 320 g/mol. The Morgan fingerprint density at radius 1 is 1.20 bits per heavy atom. The molecule has 2 fully saturated rings. The lowest BCUT2D eigenvalue weighted by molar-refractivity contribution is -0.130. The third kappa shape index (κ3) is 4.00. The Labute approximate surface area is 147 Å². The predicted octanol–water partition coefficient (Wildman–Crippen LogP) is 2.75. The Kier molecular flexibility index (Phi) is 5.06. The molecule has 6 heteroatoms. The number of likely N-dealkylation sites (tertiary alicyclic amines) is 1. The molecule has 1 aromatic rings. The molecule has 6 nitrogen and oxygen atoms in total. The first-order chi connectivity index (χ1) is 11.9. The van der Waals surface area contributed by atoms with Crippen molar-refractivity contribution in [1.29, 1.82) is 0 Å². The van der Waals surface area contributed by atoms with Gasteiger partial charge in [-0.25, -0.2) is 4.79 Å². The summed E-state index contributed by atoms with van der Waals surface area (Å²) in [5, 5.41) is 11.8. The Hall–Kier alpha value is -2.37. The normalized spacial score (nSPS) is 26.5. The van der Waals surface area contributed by atoms with Crippen molar-refractivity contribution in [3.05, 3.63) is 29.8 Å². The van der Waals surface area contributed by atoms with E-state index in [0.717, 1.165) is 31.6 Å². The molecular formula is C19H24N2O4. The van der Waals surface area contributed by atoms with Crippen molar-refractivity contribution in [3.63, 3.8) is 0 Å². The number of carbonyl (C=O) groups excluding carboxylic acids is 2. The Bertz CT molecular complexity index is 680. The Balaban J connectivity index is 1.61. The molecule has 0 aromatic heterocycles. The number of carboxylic acids is 1. The van der Waals surface area contributed by atoms with E-state index < -0.39 is 5.97 Å². The van der Waals surface area contributed by atoms with Crippen LogP contribution in [0, 0.1) is 11.8 Å². The lowest BCUT2D eigenvalue weighted by Gasteiger charge is -2.33. The molecule has 0 bridgehead atoms. The molecule has 134 valence electrons. The number of carbonyl (C=O) groups is 3. The number of amides is 2. The second kappa shape index (κ2) is 7.25. The smallest absolute Gasteiger partial charge is 0.335 e. The molecule has 0 radical (unpaired) electrons. The minimum absolute atomic E-state index is 0.0546. The number of benzene rings is 1. The van der Waals surface area contributed by atoms with Crippen LogP contribution in [0.3, 0.4) is 0 Å². The van der Waals surface area contributed by atoms with Crippen LogP contribution in [0.4, 0.5) is 5.69 Å². The summed E-state index contributed by atoms with van der Waals surface area (Å²) in [5.41, 5.74) is 0.570. The lowest BCUT2D eigenvalue weighted by Crippen LogP contribution is -2.39. The van der Waals surface area contributed by atoms with Crippen LogP contribution in [-0.2, 0) is 9.59 Å². The van der Waals surface area contributed by atoms with E-state index in [-0.39, 0.29) is 35.8 Å². The highest BCUT2D eigenvalue weighted by molar-refractivity contribution is 5.98. The molecule has 2 N–H and O–H groups in total. The summed E-state index contributed by atoms with van der Waals surface area (Å²) in [4.78, 5) is 37.7. The van der Waals surface area contributed by atoms with Crippen molar-refractivity contribution in [2.75, 3.05) is 11.9 Å². The van der Waals surface area contributed by atoms with Crippen LogP contribution >= 0.6 is 0 Å². The third-order valence-electron chi connectivity index (χ3n) is 5.33. The molecule has 1 heterocycles. The molecule has 2 amide bonds. The fraction of sp³-hybridized carbons (Fsp3) is 0.526. The summed E-state index contributed by atoms with van der Waals surface area (Å²) in [5.74, 6) is -0.860. The van der Waals surface area contributed by atoms with Gasteiger partial charge >= 0.3 is 5.97 Å². The Morgan fingerprint density at radius 2 is 1.92 bits per heavy atom. The summed E-state index contributed by atoms with van der Waals surface area (Å²) in [6, 6.07) is 6.41. The first-order valence-corrected chi connectivity index (χ1v) is 8.87. The van der Waals surface area contributed by atoms with Gasteiger partial charge in [0.1, 0.15) is 0 Å². The van der Waals surface area contributed by atoms with Crippen LogP contribution in [-0.4, -0.2) is 40.4 Å². The monoisotopic (exact) mass is 344 g/mol. The number of nitrogens with one attached hydrogen (secondary N) is 1. The summed E-state index contributed by atoms with van der Waals surface area (Å²) in [6.07, 6.45) is 4.53. The fourth-order valence-corrected chi connectivity index (χ4v) is 3.79. The first kappa shape index (κ1) is 17.5. The van der Waals surface area contributed by atoms with Crippen molar-refractivity contribution in [2.45, 2.75) is 45.1 Å². The summed E-state index contributed by atoms with van der Waals surface area (Å²) < 4.78 is 0. The van der Waals surface area contributed by atoms with Gasteiger partial charge in [-0.1, -0.05) is 13.0 Å². The van der Waals surface area contributed by atoms with E-state index in [1.807, 2.05) is 4.90 Å². The average molecular weight is 344 g/mol. The molecule has 1 aromatic carbocycles. The fourth-order valence-electron chi connectivity index (χ4n) is 3.79. The van der Waals surface area contributed by atoms with Crippen LogP contribution in [0.5, 0.6) is 0 Å². The van der Waals surface area contributed by atoms with Gasteiger partial charge in [-0.05, 0) is 49.8 Å². The van der Waals surface area contributed by atoms with Crippen LogP contribution < -0.4 is 5.32 Å². The number of aromatic carboxylic acids is 1. The van der Waals surface area contributed by atoms with Crippen LogP contribution in [0.2, 0.25) is 0 Å². The molecule has 25 heavy (non-hydrogen) atoms. The highest BCUT2D eigenvalue weighted by atomic mass is 16.4. The molecule has 1 aliphatic carbocycles. The largest absolute Gasteiger partial charge is 0.478 e. The molecule has 1 saturated carbocycles. The van der Waals surface area contributed by atoms with Crippen molar-refractivity contribution >= 4 is 23.5 Å². The van der Waals surface area contributed by atoms with Gasteiger partial charge < -0.3 is 15.3 Å². The number of carboxylic acid groups (broad SMARTS) is 1. The third-order valence-corrected chi connectivity index (χ3v) is 5.33. The van der Waals surface area contributed by atoms with Gasteiger partial charge in [-0.15, -0.1) is 0 Å². The molecule has 1 atom stereocenters.